The number of likely N-dealkylation sites (N-methyl/N-ethyl adjacent to an activating group) is 1. The Bertz CT molecular complexity index is 696. The number of aromatic nitrogens is 1. The molecule has 0 spiro atoms. The molecule has 2 heterocycles. The molecule has 0 saturated carbocycles. The van der Waals surface area contributed by atoms with Gasteiger partial charge < -0.3 is 14.4 Å². The van der Waals surface area contributed by atoms with Crippen LogP contribution in [-0.2, 0) is 12.8 Å². The summed E-state index contributed by atoms with van der Waals surface area (Å²) in [7, 11) is 3.75. The molecule has 0 fully saturated rings. The number of pyridine rings is 1. The quantitative estimate of drug-likeness (QED) is 0.868. The Morgan fingerprint density at radius 3 is 2.87 bits per heavy atom. The van der Waals surface area contributed by atoms with E-state index in [1.807, 2.05) is 6.07 Å². The van der Waals surface area contributed by atoms with Gasteiger partial charge in [-0.2, -0.15) is 0 Å². The SMILES string of the molecule is COc1nc2c(cc1NSc1cccc(F)c1)CCN(C)CC2. The van der Waals surface area contributed by atoms with Crippen LogP contribution < -0.4 is 9.46 Å². The van der Waals surface area contributed by atoms with Crippen LogP contribution in [0.3, 0.4) is 0 Å². The average Bonchev–Trinajstić information content (AvgIpc) is 2.74. The normalized spacial score (nSPS) is 14.9. The standard InChI is InChI=1S/C17H20FN3OS/c1-21-8-6-12-10-16(17(22-2)19-15(12)7-9-21)20-23-14-5-3-4-13(18)11-14/h3-5,10-11,20H,6-9H2,1-2H3. The largest absolute Gasteiger partial charge is 0.479 e. The molecule has 4 nitrogen and oxygen atoms in total. The maximum Gasteiger partial charge on any atom is 0.238 e. The third-order valence-electron chi connectivity index (χ3n) is 3.92. The highest BCUT2D eigenvalue weighted by atomic mass is 32.2. The van der Waals surface area contributed by atoms with Crippen molar-refractivity contribution in [3.05, 3.63) is 47.4 Å². The molecule has 6 heteroatoms. The highest BCUT2D eigenvalue weighted by Gasteiger charge is 2.16. The molecular weight excluding hydrogens is 313 g/mol. The Kier molecular flexibility index (Phi) is 5.03. The number of methoxy groups -OCH3 is 1. The Hall–Kier alpha value is -1.79. The Morgan fingerprint density at radius 2 is 2.09 bits per heavy atom. The fraction of sp³-hybridized carbons (Fsp3) is 0.353. The number of halogens is 1. The first-order valence-corrected chi connectivity index (χ1v) is 8.41. The third-order valence-corrected chi connectivity index (χ3v) is 4.73. The second kappa shape index (κ2) is 7.19. The van der Waals surface area contributed by atoms with E-state index >= 15 is 0 Å². The summed E-state index contributed by atoms with van der Waals surface area (Å²) in [5.74, 6) is 0.337. The van der Waals surface area contributed by atoms with E-state index in [0.717, 1.165) is 42.2 Å². The summed E-state index contributed by atoms with van der Waals surface area (Å²) in [6, 6.07) is 8.59. The predicted molar refractivity (Wildman–Crippen MR) is 91.6 cm³/mol. The number of fused-ring (bicyclic) bond motifs is 1. The van der Waals surface area contributed by atoms with Gasteiger partial charge in [0.15, 0.2) is 0 Å². The van der Waals surface area contributed by atoms with Crippen LogP contribution in [0.2, 0.25) is 0 Å². The lowest BCUT2D eigenvalue weighted by molar-refractivity contribution is 0.351. The molecule has 1 N–H and O–H groups in total. The van der Waals surface area contributed by atoms with Gasteiger partial charge in [0.05, 0.1) is 7.11 Å². The van der Waals surface area contributed by atoms with Gasteiger partial charge in [0.2, 0.25) is 5.88 Å². The van der Waals surface area contributed by atoms with E-state index in [-0.39, 0.29) is 5.82 Å². The van der Waals surface area contributed by atoms with Crippen LogP contribution >= 0.6 is 11.9 Å². The molecule has 0 aliphatic carbocycles. The lowest BCUT2D eigenvalue weighted by Crippen LogP contribution is -2.20. The minimum Gasteiger partial charge on any atom is -0.479 e. The van der Waals surface area contributed by atoms with Gasteiger partial charge in [0.25, 0.3) is 0 Å². The smallest absolute Gasteiger partial charge is 0.238 e. The highest BCUT2D eigenvalue weighted by Crippen LogP contribution is 2.31. The molecule has 3 rings (SSSR count). The third kappa shape index (κ3) is 3.95. The van der Waals surface area contributed by atoms with Gasteiger partial charge >= 0.3 is 0 Å². The second-order valence-electron chi connectivity index (χ2n) is 5.62. The molecule has 1 aromatic carbocycles. The topological polar surface area (TPSA) is 37.4 Å². The maximum atomic E-state index is 13.3. The van der Waals surface area contributed by atoms with Gasteiger partial charge in [-0.05, 0) is 55.2 Å². The number of ether oxygens (including phenoxy) is 1. The van der Waals surface area contributed by atoms with Gasteiger partial charge in [-0.3, -0.25) is 0 Å². The fourth-order valence-corrected chi connectivity index (χ4v) is 3.29. The van der Waals surface area contributed by atoms with E-state index in [2.05, 4.69) is 27.7 Å². The van der Waals surface area contributed by atoms with Gasteiger partial charge in [-0.15, -0.1) is 0 Å². The zero-order chi connectivity index (χ0) is 16.2. The van der Waals surface area contributed by atoms with Crippen molar-refractivity contribution < 1.29 is 9.13 Å². The zero-order valence-electron chi connectivity index (χ0n) is 13.3. The molecule has 0 bridgehead atoms. The van der Waals surface area contributed by atoms with Crippen LogP contribution in [0.1, 0.15) is 11.3 Å². The van der Waals surface area contributed by atoms with Crippen molar-refractivity contribution in [2.24, 2.45) is 0 Å². The minimum atomic E-state index is -0.244. The lowest BCUT2D eigenvalue weighted by Gasteiger charge is -2.13. The van der Waals surface area contributed by atoms with Crippen molar-refractivity contribution in [2.45, 2.75) is 17.7 Å². The first-order chi connectivity index (χ1) is 11.2. The summed E-state index contributed by atoms with van der Waals surface area (Å²) in [5.41, 5.74) is 3.18. The monoisotopic (exact) mass is 333 g/mol. The van der Waals surface area contributed by atoms with Crippen LogP contribution in [0.25, 0.3) is 0 Å². The van der Waals surface area contributed by atoms with Crippen molar-refractivity contribution in [2.75, 3.05) is 32.0 Å². The maximum absolute atomic E-state index is 13.3. The van der Waals surface area contributed by atoms with Crippen molar-refractivity contribution in [1.82, 2.24) is 9.88 Å². The zero-order valence-corrected chi connectivity index (χ0v) is 14.1. The molecule has 1 aliphatic rings. The van der Waals surface area contributed by atoms with Crippen LogP contribution in [0.15, 0.2) is 35.2 Å². The molecule has 1 aromatic heterocycles. The second-order valence-corrected chi connectivity index (χ2v) is 6.50. The molecule has 122 valence electrons. The van der Waals surface area contributed by atoms with Crippen molar-refractivity contribution in [1.29, 1.82) is 0 Å². The average molecular weight is 333 g/mol. The van der Waals surface area contributed by atoms with Crippen molar-refractivity contribution in [3.63, 3.8) is 0 Å². The number of benzene rings is 1. The number of hydrogen-bond donors (Lipinski definition) is 1. The number of anilines is 1. The molecule has 0 radical (unpaired) electrons. The highest BCUT2D eigenvalue weighted by molar-refractivity contribution is 8.00. The summed E-state index contributed by atoms with van der Waals surface area (Å²) in [5, 5.41) is 0. The van der Waals surface area contributed by atoms with Crippen LogP contribution in [-0.4, -0.2) is 37.1 Å². The lowest BCUT2D eigenvalue weighted by atomic mass is 10.1. The van der Waals surface area contributed by atoms with Crippen LogP contribution in [0.4, 0.5) is 10.1 Å². The van der Waals surface area contributed by atoms with Crippen molar-refractivity contribution >= 4 is 17.6 Å². The van der Waals surface area contributed by atoms with Gasteiger partial charge in [-0.1, -0.05) is 6.07 Å². The van der Waals surface area contributed by atoms with E-state index in [1.54, 1.807) is 13.2 Å². The molecule has 0 amide bonds. The molecule has 23 heavy (non-hydrogen) atoms. The molecule has 0 saturated heterocycles. The fourth-order valence-electron chi connectivity index (χ4n) is 2.60. The summed E-state index contributed by atoms with van der Waals surface area (Å²) < 4.78 is 21.9. The minimum absolute atomic E-state index is 0.244. The molecule has 2 aromatic rings. The Morgan fingerprint density at radius 1 is 1.26 bits per heavy atom. The van der Waals surface area contributed by atoms with E-state index in [0.29, 0.717) is 5.88 Å². The van der Waals surface area contributed by atoms with Crippen LogP contribution in [0.5, 0.6) is 5.88 Å². The van der Waals surface area contributed by atoms with E-state index in [9.17, 15) is 4.39 Å². The predicted octanol–water partition coefficient (Wildman–Crippen LogP) is 3.38. The Labute approximate surface area is 140 Å². The van der Waals surface area contributed by atoms with Gasteiger partial charge in [0, 0.05) is 30.1 Å². The molecule has 0 atom stereocenters. The number of nitrogens with zero attached hydrogens (tertiary/aromatic N) is 2. The summed E-state index contributed by atoms with van der Waals surface area (Å²) >= 11 is 1.35. The molecular formula is C17H20FN3OS. The summed E-state index contributed by atoms with van der Waals surface area (Å²) in [6.07, 6.45) is 1.90. The molecule has 0 unspecified atom stereocenters. The van der Waals surface area contributed by atoms with Crippen LogP contribution in [0, 0.1) is 5.82 Å². The number of hydrogen-bond acceptors (Lipinski definition) is 5. The van der Waals surface area contributed by atoms with Crippen molar-refractivity contribution in [3.8, 4) is 5.88 Å². The summed E-state index contributed by atoms with van der Waals surface area (Å²) in [6.45, 7) is 2.03. The molecule has 1 aliphatic heterocycles. The first-order valence-electron chi connectivity index (χ1n) is 7.59. The van der Waals surface area contributed by atoms with E-state index in [4.69, 9.17) is 4.74 Å². The van der Waals surface area contributed by atoms with Gasteiger partial charge in [0.1, 0.15) is 11.5 Å². The number of nitrogens with one attached hydrogen (secondary N) is 1. The summed E-state index contributed by atoms with van der Waals surface area (Å²) in [4.78, 5) is 7.77. The van der Waals surface area contributed by atoms with E-state index < -0.39 is 0 Å². The van der Waals surface area contributed by atoms with E-state index in [1.165, 1.54) is 29.6 Å². The Balaban J connectivity index is 1.81. The van der Waals surface area contributed by atoms with Gasteiger partial charge in [-0.25, -0.2) is 9.37 Å². The number of rotatable bonds is 4. The first kappa shape index (κ1) is 16.1.